The molecule has 0 amide bonds. The molecule has 2 aromatic carbocycles. The molecule has 0 aliphatic heterocycles. The molecule has 3 nitrogen and oxygen atoms in total. The minimum atomic E-state index is 0. The Bertz CT molecular complexity index is 692. The molecule has 1 aromatic heterocycles. The van der Waals surface area contributed by atoms with Crippen molar-refractivity contribution < 1.29 is 21.5 Å². The minimum absolute atomic E-state index is 0. The molecule has 0 spiro atoms. The molecule has 0 aliphatic rings. The van der Waals surface area contributed by atoms with Gasteiger partial charge in [-0.3, -0.25) is 4.68 Å². The summed E-state index contributed by atoms with van der Waals surface area (Å²) in [6.45, 7) is 2.00. The molecule has 0 aliphatic carbocycles. The number of benzene rings is 2. The van der Waals surface area contributed by atoms with Crippen molar-refractivity contribution in [2.45, 2.75) is 6.92 Å². The molecule has 0 N–H and O–H groups in total. The van der Waals surface area contributed by atoms with Gasteiger partial charge < -0.3 is 4.74 Å². The Hall–Kier alpha value is -1.78. The number of aryl methyl sites for hydroxylation is 1. The van der Waals surface area contributed by atoms with Crippen LogP contribution in [0.15, 0.2) is 42.5 Å². The Kier molecular flexibility index (Phi) is 3.92. The van der Waals surface area contributed by atoms with Gasteiger partial charge in [-0.05, 0) is 24.6 Å². The van der Waals surface area contributed by atoms with E-state index in [-0.39, 0.29) is 16.8 Å². The molecule has 0 atom stereocenters. The van der Waals surface area contributed by atoms with Crippen LogP contribution in [0.3, 0.4) is 0 Å². The molecule has 0 fully saturated rings. The van der Waals surface area contributed by atoms with Crippen molar-refractivity contribution in [2.24, 2.45) is 0 Å². The summed E-state index contributed by atoms with van der Waals surface area (Å²) in [7, 11) is 1.65. The van der Waals surface area contributed by atoms with Gasteiger partial charge >= 0.3 is 0 Å². The van der Waals surface area contributed by atoms with Crippen LogP contribution < -0.4 is 4.74 Å². The van der Waals surface area contributed by atoms with Crippen LogP contribution in [0, 0.1) is 13.0 Å². The maximum Gasteiger partial charge on any atom is 0.0743 e. The summed E-state index contributed by atoms with van der Waals surface area (Å²) in [5, 5.41) is 5.67. The first-order chi connectivity index (χ1) is 8.79. The second-order valence-corrected chi connectivity index (χ2v) is 4.13. The van der Waals surface area contributed by atoms with Crippen molar-refractivity contribution in [3.63, 3.8) is 0 Å². The smallest absolute Gasteiger partial charge is 0.0743 e. The number of rotatable bonds is 2. The fourth-order valence-corrected chi connectivity index (χ4v) is 2.07. The Morgan fingerprint density at radius 2 is 1.95 bits per heavy atom. The van der Waals surface area contributed by atoms with Gasteiger partial charge in [-0.2, -0.15) is 5.10 Å². The number of hydrogen-bond acceptors (Lipinski definition) is 2. The molecule has 1 heterocycles. The predicted octanol–water partition coefficient (Wildman–Crippen LogP) is 3.14. The zero-order chi connectivity index (χ0) is 12.5. The van der Waals surface area contributed by atoms with E-state index in [2.05, 4.69) is 11.2 Å². The quantitative estimate of drug-likeness (QED) is 0.679. The van der Waals surface area contributed by atoms with Gasteiger partial charge in [-0.1, -0.05) is 23.6 Å². The number of ether oxygens (including phenoxy) is 1. The van der Waals surface area contributed by atoms with Crippen molar-refractivity contribution >= 4 is 10.9 Å². The van der Waals surface area contributed by atoms with Crippen molar-refractivity contribution in [2.75, 3.05) is 7.11 Å². The van der Waals surface area contributed by atoms with E-state index in [4.69, 9.17) is 4.74 Å². The van der Waals surface area contributed by atoms with E-state index in [1.54, 1.807) is 7.11 Å². The van der Waals surface area contributed by atoms with E-state index in [1.807, 2.05) is 54.1 Å². The molecule has 0 saturated carbocycles. The summed E-state index contributed by atoms with van der Waals surface area (Å²) < 4.78 is 7.13. The van der Waals surface area contributed by atoms with Crippen LogP contribution in [0.25, 0.3) is 16.6 Å². The number of para-hydroxylation sites is 1. The molecular formula is C15H13CoN2O-. The van der Waals surface area contributed by atoms with Crippen LogP contribution in [-0.4, -0.2) is 16.9 Å². The molecule has 3 aromatic rings. The van der Waals surface area contributed by atoms with Crippen molar-refractivity contribution in [1.29, 1.82) is 0 Å². The Morgan fingerprint density at radius 3 is 2.63 bits per heavy atom. The SMILES string of the molecule is COc1[c-]cc2c(c1)c(C)nn2-c1ccccc1.[Co]. The average molecular weight is 296 g/mol. The summed E-state index contributed by atoms with van der Waals surface area (Å²) in [5.41, 5.74) is 3.08. The summed E-state index contributed by atoms with van der Waals surface area (Å²) in [6.07, 6.45) is 0. The standard InChI is InChI=1S/C15H13N2O.Co/c1-11-14-10-13(18-2)8-9-15(14)17(16-11)12-6-4-3-5-7-12;/h3-7,9-10H,1-2H3;/q-1;. The van der Waals surface area contributed by atoms with Crippen molar-refractivity contribution in [1.82, 2.24) is 9.78 Å². The number of hydrogen-bond donors (Lipinski definition) is 0. The summed E-state index contributed by atoms with van der Waals surface area (Å²) in [4.78, 5) is 0. The van der Waals surface area contributed by atoms with E-state index in [0.29, 0.717) is 0 Å². The maximum absolute atomic E-state index is 5.20. The van der Waals surface area contributed by atoms with Crippen LogP contribution in [0.1, 0.15) is 5.69 Å². The topological polar surface area (TPSA) is 27.1 Å². The number of aromatic nitrogens is 2. The van der Waals surface area contributed by atoms with E-state index in [0.717, 1.165) is 28.0 Å². The van der Waals surface area contributed by atoms with Crippen LogP contribution in [-0.2, 0) is 16.8 Å². The summed E-state index contributed by atoms with van der Waals surface area (Å²) in [6, 6.07) is 17.1. The number of nitrogens with zero attached hydrogens (tertiary/aromatic N) is 2. The third-order valence-corrected chi connectivity index (χ3v) is 2.99. The first kappa shape index (κ1) is 13.6. The van der Waals surface area contributed by atoms with Crippen molar-refractivity contribution in [3.05, 3.63) is 54.2 Å². The molecule has 1 radical (unpaired) electrons. The molecule has 4 heteroatoms. The van der Waals surface area contributed by atoms with Gasteiger partial charge in [0.2, 0.25) is 0 Å². The molecule has 19 heavy (non-hydrogen) atoms. The number of fused-ring (bicyclic) bond motifs is 1. The average Bonchev–Trinajstić information content (AvgIpc) is 2.77. The predicted molar refractivity (Wildman–Crippen MR) is 71.2 cm³/mol. The van der Waals surface area contributed by atoms with Gasteiger partial charge in [0.15, 0.2) is 0 Å². The minimum Gasteiger partial charge on any atom is -0.523 e. The number of methoxy groups -OCH3 is 1. The maximum atomic E-state index is 5.20. The Labute approximate surface area is 122 Å². The molecule has 0 saturated heterocycles. The van der Waals surface area contributed by atoms with Gasteiger partial charge in [0, 0.05) is 28.2 Å². The monoisotopic (exact) mass is 296 g/mol. The fourth-order valence-electron chi connectivity index (χ4n) is 2.07. The van der Waals surface area contributed by atoms with Crippen LogP contribution in [0.5, 0.6) is 5.75 Å². The summed E-state index contributed by atoms with van der Waals surface area (Å²) in [5.74, 6) is 0.734. The zero-order valence-electron chi connectivity index (χ0n) is 10.7. The van der Waals surface area contributed by atoms with Gasteiger partial charge in [-0.15, -0.1) is 18.2 Å². The van der Waals surface area contributed by atoms with E-state index in [1.165, 1.54) is 0 Å². The molecule has 0 unspecified atom stereocenters. The van der Waals surface area contributed by atoms with Gasteiger partial charge in [0.25, 0.3) is 0 Å². The Balaban J connectivity index is 0.00000133. The van der Waals surface area contributed by atoms with Crippen LogP contribution in [0.4, 0.5) is 0 Å². The first-order valence-electron chi connectivity index (χ1n) is 5.80. The zero-order valence-corrected chi connectivity index (χ0v) is 11.7. The van der Waals surface area contributed by atoms with Gasteiger partial charge in [0.1, 0.15) is 0 Å². The van der Waals surface area contributed by atoms with Crippen LogP contribution >= 0.6 is 0 Å². The molecule has 99 valence electrons. The third-order valence-electron chi connectivity index (χ3n) is 2.99. The third kappa shape index (κ3) is 2.37. The van der Waals surface area contributed by atoms with E-state index >= 15 is 0 Å². The van der Waals surface area contributed by atoms with Gasteiger partial charge in [-0.25, -0.2) is 0 Å². The first-order valence-corrected chi connectivity index (χ1v) is 5.80. The largest absolute Gasteiger partial charge is 0.523 e. The fraction of sp³-hybridized carbons (Fsp3) is 0.133. The summed E-state index contributed by atoms with van der Waals surface area (Å²) >= 11 is 0. The second kappa shape index (κ2) is 5.46. The van der Waals surface area contributed by atoms with E-state index < -0.39 is 0 Å². The van der Waals surface area contributed by atoms with Gasteiger partial charge in [0.05, 0.1) is 12.8 Å². The second-order valence-electron chi connectivity index (χ2n) is 4.13. The normalized spacial score (nSPS) is 10.2. The molecule has 0 bridgehead atoms. The van der Waals surface area contributed by atoms with Crippen LogP contribution in [0.2, 0.25) is 0 Å². The van der Waals surface area contributed by atoms with E-state index in [9.17, 15) is 0 Å². The molecular weight excluding hydrogens is 283 g/mol. The Morgan fingerprint density at radius 1 is 1.21 bits per heavy atom. The van der Waals surface area contributed by atoms with Crippen molar-refractivity contribution in [3.8, 4) is 11.4 Å². The molecule has 3 rings (SSSR count).